The summed E-state index contributed by atoms with van der Waals surface area (Å²) in [5, 5.41) is 2.92. The number of anilines is 2. The summed E-state index contributed by atoms with van der Waals surface area (Å²) in [4.78, 5) is 30.9. The monoisotopic (exact) mass is 473 g/mol. The topological polar surface area (TPSA) is 79.2 Å². The van der Waals surface area contributed by atoms with Crippen LogP contribution < -0.4 is 10.2 Å². The van der Waals surface area contributed by atoms with Gasteiger partial charge < -0.3 is 19.7 Å². The number of imidazole rings is 1. The van der Waals surface area contributed by atoms with Crippen LogP contribution in [0, 0.1) is 0 Å². The van der Waals surface area contributed by atoms with Crippen LogP contribution in [0.1, 0.15) is 74.9 Å². The fourth-order valence-electron chi connectivity index (χ4n) is 5.52. The van der Waals surface area contributed by atoms with Crippen LogP contribution in [0.25, 0.3) is 0 Å². The molecular formula is C24H36ClN7O. The minimum absolute atomic E-state index is 0. The van der Waals surface area contributed by atoms with Gasteiger partial charge in [-0.1, -0.05) is 13.8 Å². The molecule has 180 valence electrons. The van der Waals surface area contributed by atoms with Crippen molar-refractivity contribution in [1.29, 1.82) is 0 Å². The molecule has 0 aromatic carbocycles. The molecule has 5 heterocycles. The third-order valence-electron chi connectivity index (χ3n) is 7.34. The van der Waals surface area contributed by atoms with Gasteiger partial charge in [-0.25, -0.2) is 15.0 Å². The largest absolute Gasteiger partial charge is 0.356 e. The Morgan fingerprint density at radius 2 is 1.85 bits per heavy atom. The van der Waals surface area contributed by atoms with Gasteiger partial charge in [0.1, 0.15) is 23.8 Å². The van der Waals surface area contributed by atoms with Crippen molar-refractivity contribution in [3.63, 3.8) is 0 Å². The molecule has 2 saturated heterocycles. The zero-order chi connectivity index (χ0) is 22.1. The number of aromatic nitrogens is 4. The first kappa shape index (κ1) is 24.0. The lowest BCUT2D eigenvalue weighted by molar-refractivity contribution is -0.116. The van der Waals surface area contributed by atoms with Gasteiger partial charge in [-0.15, -0.1) is 12.4 Å². The average molecular weight is 474 g/mol. The Balaban J connectivity index is 0.00000259. The summed E-state index contributed by atoms with van der Waals surface area (Å²) in [6, 6.07) is 0. The van der Waals surface area contributed by atoms with Crippen LogP contribution in [0.5, 0.6) is 0 Å². The molecule has 1 atom stereocenters. The normalized spacial score (nSPS) is 21.6. The number of hydrogen-bond donors (Lipinski definition) is 1. The zero-order valence-corrected chi connectivity index (χ0v) is 20.6. The highest BCUT2D eigenvalue weighted by atomic mass is 35.5. The first-order valence-electron chi connectivity index (χ1n) is 12.3. The van der Waals surface area contributed by atoms with Crippen LogP contribution in [0.2, 0.25) is 0 Å². The number of piperidine rings is 1. The first-order chi connectivity index (χ1) is 15.6. The lowest BCUT2D eigenvalue weighted by atomic mass is 9.92. The van der Waals surface area contributed by atoms with E-state index in [9.17, 15) is 4.79 Å². The highest BCUT2D eigenvalue weighted by molar-refractivity contribution is 5.94. The highest BCUT2D eigenvalue weighted by Crippen LogP contribution is 2.38. The quantitative estimate of drug-likeness (QED) is 0.690. The van der Waals surface area contributed by atoms with Crippen molar-refractivity contribution in [2.45, 2.75) is 70.8 Å². The molecule has 0 bridgehead atoms. The van der Waals surface area contributed by atoms with Crippen molar-refractivity contribution in [2.75, 3.05) is 42.9 Å². The van der Waals surface area contributed by atoms with Gasteiger partial charge in [0.2, 0.25) is 5.91 Å². The predicted molar refractivity (Wildman–Crippen MR) is 132 cm³/mol. The number of hydrogen-bond acceptors (Lipinski definition) is 6. The number of amides is 1. The number of carbonyl (C=O) groups excluding carboxylic acids is 1. The minimum Gasteiger partial charge on any atom is -0.356 e. The summed E-state index contributed by atoms with van der Waals surface area (Å²) in [6.07, 6.45) is 10.2. The second-order valence-electron chi connectivity index (χ2n) is 9.56. The zero-order valence-electron chi connectivity index (χ0n) is 19.8. The van der Waals surface area contributed by atoms with Crippen molar-refractivity contribution in [3.05, 3.63) is 29.6 Å². The average Bonchev–Trinajstić information content (AvgIpc) is 3.47. The maximum absolute atomic E-state index is 11.9. The number of nitrogens with zero attached hydrogens (tertiary/aromatic N) is 6. The molecule has 1 N–H and O–H groups in total. The minimum atomic E-state index is 0. The molecule has 8 nitrogen and oxygen atoms in total. The van der Waals surface area contributed by atoms with E-state index in [0.29, 0.717) is 18.2 Å². The van der Waals surface area contributed by atoms with Gasteiger partial charge in [0.15, 0.2) is 0 Å². The van der Waals surface area contributed by atoms with Gasteiger partial charge >= 0.3 is 0 Å². The van der Waals surface area contributed by atoms with Crippen molar-refractivity contribution in [1.82, 2.24) is 24.4 Å². The molecule has 0 aliphatic carbocycles. The number of fused-ring (bicyclic) bond motifs is 1. The number of likely N-dealkylation sites (tertiary alicyclic amines) is 1. The number of carbonyl (C=O) groups is 1. The van der Waals surface area contributed by atoms with Crippen LogP contribution in [0.3, 0.4) is 0 Å². The van der Waals surface area contributed by atoms with Gasteiger partial charge in [0, 0.05) is 50.3 Å². The van der Waals surface area contributed by atoms with Crippen LogP contribution in [-0.2, 0) is 17.8 Å². The van der Waals surface area contributed by atoms with E-state index in [1.54, 1.807) is 6.33 Å². The van der Waals surface area contributed by atoms with Crippen molar-refractivity contribution < 1.29 is 4.79 Å². The van der Waals surface area contributed by atoms with E-state index < -0.39 is 0 Å². The molecule has 2 aromatic rings. The van der Waals surface area contributed by atoms with E-state index in [-0.39, 0.29) is 24.2 Å². The summed E-state index contributed by atoms with van der Waals surface area (Å²) in [5.74, 6) is 3.62. The molecule has 3 aliphatic heterocycles. The maximum Gasteiger partial charge on any atom is 0.226 e. The van der Waals surface area contributed by atoms with E-state index in [1.165, 1.54) is 37.4 Å². The standard InChI is InChI=1S/C24H35N7O.ClH/c1-3-19-15-31(13-12-29-8-4-5-9-29)23(27-19)18-6-10-30(11-7-18)24-21-17(2)14-20(32)28-22(21)25-16-26-24;/h15-18H,3-14H2,1-2H3,(H,25,26,28,32);1H/t17-;/m1./s1. The summed E-state index contributed by atoms with van der Waals surface area (Å²) < 4.78 is 2.43. The highest BCUT2D eigenvalue weighted by Gasteiger charge is 2.31. The summed E-state index contributed by atoms with van der Waals surface area (Å²) in [5.41, 5.74) is 2.30. The van der Waals surface area contributed by atoms with E-state index in [0.717, 1.165) is 56.8 Å². The molecule has 2 aromatic heterocycles. The second kappa shape index (κ2) is 10.4. The third-order valence-corrected chi connectivity index (χ3v) is 7.34. The lowest BCUT2D eigenvalue weighted by Crippen LogP contribution is -2.36. The van der Waals surface area contributed by atoms with Crippen molar-refractivity contribution in [3.8, 4) is 0 Å². The number of aryl methyl sites for hydroxylation is 1. The summed E-state index contributed by atoms with van der Waals surface area (Å²) in [7, 11) is 0. The van der Waals surface area contributed by atoms with Gasteiger partial charge in [-0.05, 0) is 51.1 Å². The summed E-state index contributed by atoms with van der Waals surface area (Å²) >= 11 is 0. The Kier molecular flexibility index (Phi) is 7.54. The molecule has 0 unspecified atom stereocenters. The first-order valence-corrected chi connectivity index (χ1v) is 12.3. The van der Waals surface area contributed by atoms with E-state index in [1.807, 2.05) is 0 Å². The van der Waals surface area contributed by atoms with Crippen LogP contribution >= 0.6 is 12.4 Å². The number of nitrogens with one attached hydrogen (secondary N) is 1. The fraction of sp³-hybridized carbons (Fsp3) is 0.667. The van der Waals surface area contributed by atoms with Crippen molar-refractivity contribution in [2.24, 2.45) is 0 Å². The van der Waals surface area contributed by atoms with Gasteiger partial charge in [-0.3, -0.25) is 4.79 Å². The van der Waals surface area contributed by atoms with E-state index in [4.69, 9.17) is 4.98 Å². The lowest BCUT2D eigenvalue weighted by Gasteiger charge is -2.35. The molecule has 2 fully saturated rings. The van der Waals surface area contributed by atoms with Gasteiger partial charge in [0.05, 0.1) is 5.69 Å². The van der Waals surface area contributed by atoms with Crippen LogP contribution in [0.4, 0.5) is 11.6 Å². The number of halogens is 1. The Morgan fingerprint density at radius 3 is 2.58 bits per heavy atom. The van der Waals surface area contributed by atoms with Gasteiger partial charge in [0.25, 0.3) is 0 Å². The van der Waals surface area contributed by atoms with E-state index >= 15 is 0 Å². The molecule has 9 heteroatoms. The Morgan fingerprint density at radius 1 is 1.09 bits per heavy atom. The van der Waals surface area contributed by atoms with Crippen molar-refractivity contribution >= 4 is 29.9 Å². The molecule has 0 spiro atoms. The van der Waals surface area contributed by atoms with Gasteiger partial charge in [-0.2, -0.15) is 0 Å². The Hall–Kier alpha value is -2.19. The Bertz CT molecular complexity index is 964. The Labute approximate surface area is 202 Å². The molecular weight excluding hydrogens is 438 g/mol. The molecule has 3 aliphatic rings. The molecule has 33 heavy (non-hydrogen) atoms. The molecule has 1 amide bonds. The second-order valence-corrected chi connectivity index (χ2v) is 9.56. The SMILES string of the molecule is CCc1cn(CCN2CCCC2)c(C2CCN(c3ncnc4c3[C@H](C)CC(=O)N4)CC2)n1.Cl. The van der Waals surface area contributed by atoms with E-state index in [2.05, 4.69) is 49.7 Å². The third kappa shape index (κ3) is 5.01. The molecule has 0 radical (unpaired) electrons. The smallest absolute Gasteiger partial charge is 0.226 e. The van der Waals surface area contributed by atoms with Crippen LogP contribution in [-0.4, -0.2) is 63.0 Å². The molecule has 5 rings (SSSR count). The number of rotatable bonds is 6. The fourth-order valence-corrected chi connectivity index (χ4v) is 5.52. The maximum atomic E-state index is 11.9. The molecule has 0 saturated carbocycles. The summed E-state index contributed by atoms with van der Waals surface area (Å²) in [6.45, 7) is 10.8. The predicted octanol–water partition coefficient (Wildman–Crippen LogP) is 3.58. The van der Waals surface area contributed by atoms with Crippen LogP contribution in [0.15, 0.2) is 12.5 Å².